The van der Waals surface area contributed by atoms with Gasteiger partial charge in [0.1, 0.15) is 11.6 Å². The summed E-state index contributed by atoms with van der Waals surface area (Å²) >= 11 is 0. The minimum absolute atomic E-state index is 0.255. The molecular weight excluding hydrogens is 355 g/mol. The number of imidazole rings is 1. The van der Waals surface area contributed by atoms with Gasteiger partial charge in [0.2, 0.25) is 0 Å². The average molecular weight is 376 g/mol. The van der Waals surface area contributed by atoms with Crippen LogP contribution in [-0.4, -0.2) is 26.0 Å². The number of hydrogen-bond donors (Lipinski definition) is 3. The molecule has 0 aliphatic heterocycles. The standard InChI is InChI=1S/C21H21FN6/c1-12(2)26-15-6-14(10-24-11-15)16-7-13(18(23)9-17(16)22)8-20-27-19-4-3-5-25-21(19)28-20/h3-7,9-12,26H,8,23H2,1-2H3,(H,25,27,28). The quantitative estimate of drug-likeness (QED) is 0.455. The summed E-state index contributed by atoms with van der Waals surface area (Å²) in [7, 11) is 0. The largest absolute Gasteiger partial charge is 0.398 e. The molecule has 4 rings (SSSR count). The van der Waals surface area contributed by atoms with E-state index < -0.39 is 0 Å². The molecule has 0 fully saturated rings. The fourth-order valence-corrected chi connectivity index (χ4v) is 3.17. The molecule has 0 aliphatic carbocycles. The van der Waals surface area contributed by atoms with Crippen molar-refractivity contribution in [2.45, 2.75) is 26.3 Å². The lowest BCUT2D eigenvalue weighted by Gasteiger charge is -2.13. The second kappa shape index (κ2) is 7.26. The third kappa shape index (κ3) is 3.64. The van der Waals surface area contributed by atoms with Crippen LogP contribution in [0.2, 0.25) is 0 Å². The van der Waals surface area contributed by atoms with Gasteiger partial charge >= 0.3 is 0 Å². The van der Waals surface area contributed by atoms with Crippen LogP contribution in [0.1, 0.15) is 25.2 Å². The Bertz CT molecular complexity index is 1100. The van der Waals surface area contributed by atoms with E-state index >= 15 is 0 Å². The molecule has 3 aromatic heterocycles. The van der Waals surface area contributed by atoms with E-state index in [4.69, 9.17) is 5.73 Å². The molecule has 3 heterocycles. The molecule has 0 radical (unpaired) electrons. The summed E-state index contributed by atoms with van der Waals surface area (Å²) in [5.74, 6) is 0.349. The summed E-state index contributed by atoms with van der Waals surface area (Å²) in [6.45, 7) is 4.08. The molecule has 0 aliphatic rings. The number of rotatable bonds is 5. The number of nitrogens with zero attached hydrogens (tertiary/aromatic N) is 3. The van der Waals surface area contributed by atoms with Crippen molar-refractivity contribution in [1.29, 1.82) is 0 Å². The number of benzene rings is 1. The molecule has 1 aromatic carbocycles. The first-order chi connectivity index (χ1) is 13.5. The van der Waals surface area contributed by atoms with Gasteiger partial charge in [-0.3, -0.25) is 4.98 Å². The Hall–Kier alpha value is -3.48. The number of H-pyrrole nitrogens is 1. The lowest BCUT2D eigenvalue weighted by molar-refractivity contribution is 0.631. The summed E-state index contributed by atoms with van der Waals surface area (Å²) in [5.41, 5.74) is 10.8. The number of pyridine rings is 2. The van der Waals surface area contributed by atoms with Gasteiger partial charge in [0.05, 0.1) is 11.2 Å². The molecule has 4 N–H and O–H groups in total. The first kappa shape index (κ1) is 17.9. The highest BCUT2D eigenvalue weighted by atomic mass is 19.1. The Labute approximate surface area is 162 Å². The molecule has 0 atom stereocenters. The summed E-state index contributed by atoms with van der Waals surface area (Å²) in [4.78, 5) is 16.2. The van der Waals surface area contributed by atoms with E-state index in [1.165, 1.54) is 6.07 Å². The van der Waals surface area contributed by atoms with Gasteiger partial charge in [-0.15, -0.1) is 0 Å². The fourth-order valence-electron chi connectivity index (χ4n) is 3.17. The molecule has 0 bridgehead atoms. The van der Waals surface area contributed by atoms with Gasteiger partial charge in [0.15, 0.2) is 5.65 Å². The Morgan fingerprint density at radius 2 is 2.07 bits per heavy atom. The maximum atomic E-state index is 14.7. The van der Waals surface area contributed by atoms with Gasteiger partial charge in [-0.2, -0.15) is 0 Å². The summed E-state index contributed by atoms with van der Waals surface area (Å²) in [5, 5.41) is 3.28. The Kier molecular flexibility index (Phi) is 4.65. The van der Waals surface area contributed by atoms with Crippen LogP contribution in [-0.2, 0) is 6.42 Å². The maximum absolute atomic E-state index is 14.7. The van der Waals surface area contributed by atoms with E-state index in [1.54, 1.807) is 24.7 Å². The first-order valence-electron chi connectivity index (χ1n) is 9.09. The minimum Gasteiger partial charge on any atom is -0.398 e. The maximum Gasteiger partial charge on any atom is 0.177 e. The van der Waals surface area contributed by atoms with Gasteiger partial charge in [-0.1, -0.05) is 0 Å². The van der Waals surface area contributed by atoms with Crippen LogP contribution in [0.25, 0.3) is 22.3 Å². The average Bonchev–Trinajstić information content (AvgIpc) is 3.06. The predicted molar refractivity (Wildman–Crippen MR) is 109 cm³/mol. The molecule has 0 amide bonds. The number of fused-ring (bicyclic) bond motifs is 1. The smallest absolute Gasteiger partial charge is 0.177 e. The molecule has 4 aromatic rings. The van der Waals surface area contributed by atoms with Crippen molar-refractivity contribution in [3.8, 4) is 11.1 Å². The van der Waals surface area contributed by atoms with Crippen LogP contribution in [0, 0.1) is 5.82 Å². The molecule has 0 saturated carbocycles. The number of nitrogens with two attached hydrogens (primary N) is 1. The molecular formula is C21H21FN6. The van der Waals surface area contributed by atoms with E-state index in [0.29, 0.717) is 28.9 Å². The molecule has 0 unspecified atom stereocenters. The number of nitrogen functional groups attached to an aromatic ring is 1. The molecule has 0 saturated heterocycles. The summed E-state index contributed by atoms with van der Waals surface area (Å²) in [6, 6.07) is 9.02. The highest BCUT2D eigenvalue weighted by Gasteiger charge is 2.13. The van der Waals surface area contributed by atoms with Crippen molar-refractivity contribution in [3.05, 3.63) is 66.1 Å². The van der Waals surface area contributed by atoms with E-state index in [1.807, 2.05) is 32.0 Å². The topological polar surface area (TPSA) is 92.5 Å². The molecule has 142 valence electrons. The lowest BCUT2D eigenvalue weighted by Crippen LogP contribution is -2.09. The van der Waals surface area contributed by atoms with Gasteiger partial charge < -0.3 is 16.0 Å². The van der Waals surface area contributed by atoms with Crippen molar-refractivity contribution < 1.29 is 4.39 Å². The zero-order valence-electron chi connectivity index (χ0n) is 15.7. The van der Waals surface area contributed by atoms with E-state index in [9.17, 15) is 4.39 Å². The van der Waals surface area contributed by atoms with Gasteiger partial charge in [-0.25, -0.2) is 14.4 Å². The second-order valence-corrected chi connectivity index (χ2v) is 7.03. The van der Waals surface area contributed by atoms with Crippen LogP contribution < -0.4 is 11.1 Å². The van der Waals surface area contributed by atoms with Crippen molar-refractivity contribution in [2.75, 3.05) is 11.1 Å². The Morgan fingerprint density at radius 3 is 2.86 bits per heavy atom. The monoisotopic (exact) mass is 376 g/mol. The third-order valence-corrected chi connectivity index (χ3v) is 4.40. The number of halogens is 1. The highest BCUT2D eigenvalue weighted by molar-refractivity contribution is 5.72. The van der Waals surface area contributed by atoms with Crippen molar-refractivity contribution >= 4 is 22.5 Å². The number of aromatic amines is 1. The normalized spacial score (nSPS) is 11.3. The first-order valence-corrected chi connectivity index (χ1v) is 9.09. The zero-order chi connectivity index (χ0) is 19.7. The second-order valence-electron chi connectivity index (χ2n) is 7.03. The van der Waals surface area contributed by atoms with Gasteiger partial charge in [-0.05, 0) is 49.7 Å². The minimum atomic E-state index is -0.379. The zero-order valence-corrected chi connectivity index (χ0v) is 15.7. The lowest BCUT2D eigenvalue weighted by atomic mass is 10.00. The number of anilines is 2. The van der Waals surface area contributed by atoms with Crippen LogP contribution in [0.4, 0.5) is 15.8 Å². The third-order valence-electron chi connectivity index (χ3n) is 4.40. The van der Waals surface area contributed by atoms with Crippen LogP contribution in [0.5, 0.6) is 0 Å². The number of hydrogen-bond acceptors (Lipinski definition) is 5. The molecule has 28 heavy (non-hydrogen) atoms. The van der Waals surface area contributed by atoms with Gasteiger partial charge in [0, 0.05) is 47.9 Å². The molecule has 0 spiro atoms. The molecule has 7 heteroatoms. The van der Waals surface area contributed by atoms with Gasteiger partial charge in [0.25, 0.3) is 0 Å². The number of aromatic nitrogens is 4. The van der Waals surface area contributed by atoms with E-state index in [-0.39, 0.29) is 11.9 Å². The Morgan fingerprint density at radius 1 is 1.21 bits per heavy atom. The number of nitrogens with one attached hydrogen (secondary N) is 2. The van der Waals surface area contributed by atoms with Crippen molar-refractivity contribution in [2.24, 2.45) is 0 Å². The van der Waals surface area contributed by atoms with Crippen LogP contribution in [0.15, 0.2) is 48.9 Å². The van der Waals surface area contributed by atoms with Crippen LogP contribution in [0.3, 0.4) is 0 Å². The summed E-state index contributed by atoms with van der Waals surface area (Å²) in [6.07, 6.45) is 5.52. The van der Waals surface area contributed by atoms with E-state index in [0.717, 1.165) is 22.6 Å². The SMILES string of the molecule is CC(C)Nc1cncc(-c2cc(Cc3nc4ncccc4[nH]3)c(N)cc2F)c1. The predicted octanol–water partition coefficient (Wildman–Crippen LogP) is 4.15. The van der Waals surface area contributed by atoms with E-state index in [2.05, 4.69) is 25.3 Å². The Balaban J connectivity index is 1.70. The van der Waals surface area contributed by atoms with Crippen molar-refractivity contribution in [3.63, 3.8) is 0 Å². The van der Waals surface area contributed by atoms with Crippen molar-refractivity contribution in [1.82, 2.24) is 19.9 Å². The molecule has 6 nitrogen and oxygen atoms in total. The highest BCUT2D eigenvalue weighted by Crippen LogP contribution is 2.29. The fraction of sp³-hybridized carbons (Fsp3) is 0.190. The summed E-state index contributed by atoms with van der Waals surface area (Å²) < 4.78 is 14.7. The van der Waals surface area contributed by atoms with Crippen LogP contribution >= 0.6 is 0 Å².